The molecule has 5 nitrogen and oxygen atoms in total. The summed E-state index contributed by atoms with van der Waals surface area (Å²) >= 11 is 0. The van der Waals surface area contributed by atoms with Crippen LogP contribution in [0, 0.1) is 46.3 Å². The van der Waals surface area contributed by atoms with E-state index in [9.17, 15) is 25.2 Å². The van der Waals surface area contributed by atoms with Crippen LogP contribution < -0.4 is 0 Å². The van der Waals surface area contributed by atoms with Gasteiger partial charge in [-0.2, -0.15) is 0 Å². The van der Waals surface area contributed by atoms with Gasteiger partial charge in [0, 0.05) is 6.42 Å². The molecular formula is C25H40O5. The number of carbonyl (C=O) groups is 1. The fourth-order valence-electron chi connectivity index (χ4n) is 8.60. The molecule has 4 aliphatic carbocycles. The van der Waals surface area contributed by atoms with Crippen LogP contribution in [-0.4, -0.2) is 38.8 Å². The van der Waals surface area contributed by atoms with Crippen LogP contribution in [0.15, 0.2) is 12.2 Å². The number of aliphatic hydroxyl groups is 4. The maximum Gasteiger partial charge on any atom is 0.155 e. The van der Waals surface area contributed by atoms with E-state index in [1.54, 1.807) is 0 Å². The van der Waals surface area contributed by atoms with E-state index in [1.165, 1.54) is 12.8 Å². The molecule has 3 saturated carbocycles. The van der Waals surface area contributed by atoms with Gasteiger partial charge in [0.1, 0.15) is 0 Å². The average molecular weight is 421 g/mol. The maximum atomic E-state index is 12.1. The minimum Gasteiger partial charge on any atom is -0.368 e. The molecule has 8 atom stereocenters. The van der Waals surface area contributed by atoms with Gasteiger partial charge < -0.3 is 20.4 Å². The molecule has 0 bridgehead atoms. The van der Waals surface area contributed by atoms with E-state index in [0.717, 1.165) is 32.1 Å². The van der Waals surface area contributed by atoms with Crippen molar-refractivity contribution in [1.82, 2.24) is 0 Å². The Morgan fingerprint density at radius 1 is 1.00 bits per heavy atom. The van der Waals surface area contributed by atoms with E-state index in [2.05, 4.69) is 19.9 Å². The van der Waals surface area contributed by atoms with Crippen molar-refractivity contribution in [1.29, 1.82) is 0 Å². The van der Waals surface area contributed by atoms with Crippen LogP contribution in [0.1, 0.15) is 78.1 Å². The van der Waals surface area contributed by atoms with E-state index >= 15 is 0 Å². The maximum absolute atomic E-state index is 12.1. The number of aliphatic hydroxyl groups excluding tert-OH is 2. The van der Waals surface area contributed by atoms with Crippen molar-refractivity contribution in [2.45, 2.75) is 90.6 Å². The average Bonchev–Trinajstić information content (AvgIpc) is 3.00. The molecule has 0 spiro atoms. The van der Waals surface area contributed by atoms with Gasteiger partial charge in [0.05, 0.1) is 0 Å². The van der Waals surface area contributed by atoms with E-state index in [-0.39, 0.29) is 16.6 Å². The summed E-state index contributed by atoms with van der Waals surface area (Å²) in [6.07, 6.45) is 10.4. The molecule has 0 amide bonds. The summed E-state index contributed by atoms with van der Waals surface area (Å²) in [6.45, 7) is 4.78. The fourth-order valence-corrected chi connectivity index (χ4v) is 8.60. The van der Waals surface area contributed by atoms with Gasteiger partial charge in [-0.15, -0.1) is 0 Å². The lowest BCUT2D eigenvalue weighted by Gasteiger charge is -2.62. The Labute approximate surface area is 180 Å². The number of ketones is 1. The molecule has 170 valence electrons. The first kappa shape index (κ1) is 22.4. The second kappa shape index (κ2) is 8.31. The van der Waals surface area contributed by atoms with Gasteiger partial charge in [0.2, 0.25) is 0 Å². The van der Waals surface area contributed by atoms with Crippen LogP contribution in [0.5, 0.6) is 0 Å². The summed E-state index contributed by atoms with van der Waals surface area (Å²) in [5, 5.41) is 38.1. The fraction of sp³-hybridized carbons (Fsp3) is 0.880. The Hall–Kier alpha value is -0.750. The van der Waals surface area contributed by atoms with Crippen molar-refractivity contribution < 1.29 is 25.2 Å². The highest BCUT2D eigenvalue weighted by molar-refractivity contribution is 5.91. The van der Waals surface area contributed by atoms with Crippen LogP contribution in [0.4, 0.5) is 0 Å². The predicted molar refractivity (Wildman–Crippen MR) is 114 cm³/mol. The molecule has 0 aliphatic heterocycles. The molecule has 0 saturated heterocycles. The molecule has 3 fully saturated rings. The van der Waals surface area contributed by atoms with E-state index in [1.807, 2.05) is 6.08 Å². The Balaban J connectivity index is 1.65. The summed E-state index contributed by atoms with van der Waals surface area (Å²) in [6, 6.07) is 0. The first-order valence-corrected chi connectivity index (χ1v) is 12.1. The van der Waals surface area contributed by atoms with Gasteiger partial charge in [0.15, 0.2) is 18.4 Å². The smallest absolute Gasteiger partial charge is 0.155 e. The lowest BCUT2D eigenvalue weighted by atomic mass is 9.42. The van der Waals surface area contributed by atoms with E-state index in [0.29, 0.717) is 54.8 Å². The quantitative estimate of drug-likeness (QED) is 0.494. The number of hydrogen-bond acceptors (Lipinski definition) is 5. The number of hydrogen-bond donors (Lipinski definition) is 4. The Bertz CT molecular complexity index is 672. The zero-order valence-electron chi connectivity index (χ0n) is 18.5. The molecule has 0 aromatic heterocycles. The Kier molecular flexibility index (Phi) is 6.22. The van der Waals surface area contributed by atoms with Crippen LogP contribution in [0.25, 0.3) is 0 Å². The van der Waals surface area contributed by atoms with Crippen molar-refractivity contribution in [3.8, 4) is 0 Å². The highest BCUT2D eigenvalue weighted by Gasteiger charge is 2.62. The first-order chi connectivity index (χ1) is 14.1. The van der Waals surface area contributed by atoms with Crippen LogP contribution >= 0.6 is 0 Å². The number of rotatable bonds is 6. The van der Waals surface area contributed by atoms with Crippen molar-refractivity contribution in [3.63, 3.8) is 0 Å². The molecule has 3 unspecified atom stereocenters. The molecule has 4 N–H and O–H groups in total. The second-order valence-corrected chi connectivity index (χ2v) is 11.3. The minimum absolute atomic E-state index is 0.0165. The zero-order chi connectivity index (χ0) is 21.7. The van der Waals surface area contributed by atoms with Gasteiger partial charge in [-0.1, -0.05) is 19.9 Å². The standard InChI is InChI=1S/C25H40O5/c1-24-12-11-18(26)13-17(24)4-7-19-20-8-5-16(6-10-22(29)30)25(20,2)14-15(23(19)24)3-9-21(27)28/h11-12,15-17,19-23,27-30H,3-10,13-14H2,1-2H3/t15?,16?,17?,19-,20-,23+,24-,25+/m0/s1. The molecule has 0 heterocycles. The Morgan fingerprint density at radius 2 is 1.70 bits per heavy atom. The molecule has 5 heteroatoms. The highest BCUT2D eigenvalue weighted by atomic mass is 16.5. The SMILES string of the molecule is C[C@]12C=CC(=O)CC1CC[C@@H]1[C@H]2C(CCC(O)O)C[C@]2(C)C(CCC(O)O)CC[C@@H]12. The second-order valence-electron chi connectivity index (χ2n) is 11.3. The van der Waals surface area contributed by atoms with Gasteiger partial charge in [-0.05, 0) is 110 Å². The van der Waals surface area contributed by atoms with E-state index in [4.69, 9.17) is 0 Å². The van der Waals surface area contributed by atoms with Gasteiger partial charge in [-0.25, -0.2) is 0 Å². The topological polar surface area (TPSA) is 98.0 Å². The largest absolute Gasteiger partial charge is 0.368 e. The lowest BCUT2D eigenvalue weighted by Crippen LogP contribution is -2.56. The van der Waals surface area contributed by atoms with Crippen molar-refractivity contribution in [2.24, 2.45) is 46.3 Å². The summed E-state index contributed by atoms with van der Waals surface area (Å²) in [4.78, 5) is 12.1. The van der Waals surface area contributed by atoms with Gasteiger partial charge in [0.25, 0.3) is 0 Å². The van der Waals surface area contributed by atoms with Crippen LogP contribution in [0.3, 0.4) is 0 Å². The van der Waals surface area contributed by atoms with Crippen LogP contribution in [0.2, 0.25) is 0 Å². The molecule has 0 aromatic carbocycles. The highest BCUT2D eigenvalue weighted by Crippen LogP contribution is 2.69. The normalized spacial score (nSPS) is 45.5. The Morgan fingerprint density at radius 3 is 2.40 bits per heavy atom. The first-order valence-electron chi connectivity index (χ1n) is 12.1. The van der Waals surface area contributed by atoms with E-state index < -0.39 is 12.6 Å². The molecule has 0 aromatic rings. The molecule has 4 rings (SSSR count). The molecular weight excluding hydrogens is 380 g/mol. The third-order valence-electron chi connectivity index (χ3n) is 9.89. The van der Waals surface area contributed by atoms with Crippen molar-refractivity contribution in [2.75, 3.05) is 0 Å². The number of carbonyl (C=O) groups excluding carboxylic acids is 1. The predicted octanol–water partition coefficient (Wildman–Crippen LogP) is 3.40. The van der Waals surface area contributed by atoms with Gasteiger partial charge in [-0.3, -0.25) is 4.79 Å². The summed E-state index contributed by atoms with van der Waals surface area (Å²) < 4.78 is 0. The van der Waals surface area contributed by atoms with Crippen molar-refractivity contribution >= 4 is 5.78 Å². The number of allylic oxidation sites excluding steroid dienone is 2. The zero-order valence-corrected chi connectivity index (χ0v) is 18.5. The van der Waals surface area contributed by atoms with Crippen LogP contribution in [-0.2, 0) is 4.79 Å². The van der Waals surface area contributed by atoms with Gasteiger partial charge >= 0.3 is 0 Å². The molecule has 30 heavy (non-hydrogen) atoms. The third kappa shape index (κ3) is 3.80. The summed E-state index contributed by atoms with van der Waals surface area (Å²) in [5.41, 5.74) is 0.196. The molecule has 0 radical (unpaired) electrons. The number of fused-ring (bicyclic) bond motifs is 5. The lowest BCUT2D eigenvalue weighted by molar-refractivity contribution is -0.135. The molecule has 4 aliphatic rings. The summed E-state index contributed by atoms with van der Waals surface area (Å²) in [5.74, 6) is 3.30. The summed E-state index contributed by atoms with van der Waals surface area (Å²) in [7, 11) is 0. The van der Waals surface area contributed by atoms with Crippen molar-refractivity contribution in [3.05, 3.63) is 12.2 Å². The monoisotopic (exact) mass is 420 g/mol. The minimum atomic E-state index is -1.27. The third-order valence-corrected chi connectivity index (χ3v) is 9.89.